The fourth-order valence-electron chi connectivity index (χ4n) is 2.07. The molecule has 0 radical (unpaired) electrons. The van der Waals surface area contributed by atoms with E-state index >= 15 is 0 Å². The summed E-state index contributed by atoms with van der Waals surface area (Å²) in [6.07, 6.45) is 3.22. The number of thioether (sulfide) groups is 1. The molecule has 1 aromatic rings. The third-order valence-electron chi connectivity index (χ3n) is 3.58. The lowest BCUT2D eigenvalue weighted by Gasteiger charge is -2.30. The Kier molecular flexibility index (Phi) is 6.14. The van der Waals surface area contributed by atoms with E-state index in [1.807, 2.05) is 24.8 Å². The van der Waals surface area contributed by atoms with Crippen LogP contribution in [0.15, 0.2) is 12.1 Å². The third kappa shape index (κ3) is 4.11. The van der Waals surface area contributed by atoms with Crippen LogP contribution in [0.2, 0.25) is 0 Å². The minimum atomic E-state index is -0.179. The molecule has 2 N–H and O–H groups in total. The van der Waals surface area contributed by atoms with Gasteiger partial charge in [0.25, 0.3) is 0 Å². The van der Waals surface area contributed by atoms with Crippen LogP contribution < -0.4 is 10.6 Å². The van der Waals surface area contributed by atoms with Crippen molar-refractivity contribution < 1.29 is 4.39 Å². The van der Waals surface area contributed by atoms with Gasteiger partial charge in [0, 0.05) is 24.8 Å². The second-order valence-electron chi connectivity index (χ2n) is 5.19. The predicted octanol–water partition coefficient (Wildman–Crippen LogP) is 3.73. The lowest BCUT2D eigenvalue weighted by atomic mass is 10.0. The van der Waals surface area contributed by atoms with E-state index in [1.54, 1.807) is 13.0 Å². The molecule has 0 heterocycles. The Morgan fingerprint density at radius 3 is 2.53 bits per heavy atom. The largest absolute Gasteiger partial charge is 0.372 e. The average Bonchev–Trinajstić information content (AvgIpc) is 2.37. The second-order valence-corrected chi connectivity index (χ2v) is 6.18. The number of rotatable bonds is 6. The summed E-state index contributed by atoms with van der Waals surface area (Å²) >= 11 is 1.85. The number of aryl methyl sites for hydroxylation is 1. The van der Waals surface area contributed by atoms with E-state index in [4.69, 9.17) is 5.73 Å². The molecule has 0 aromatic heterocycles. The van der Waals surface area contributed by atoms with Gasteiger partial charge in [0.2, 0.25) is 0 Å². The standard InChI is InChI=1S/C15H25FN2S/c1-10-8-15(13(12(3)17)9-14(10)16)18(4)11(2)6-7-19-5/h8-9,11-12H,6-7,17H2,1-5H3. The molecule has 0 aliphatic rings. The highest BCUT2D eigenvalue weighted by atomic mass is 32.2. The first-order chi connectivity index (χ1) is 8.88. The topological polar surface area (TPSA) is 29.3 Å². The maximum Gasteiger partial charge on any atom is 0.126 e. The number of anilines is 1. The summed E-state index contributed by atoms with van der Waals surface area (Å²) in [5, 5.41) is 0. The highest BCUT2D eigenvalue weighted by Crippen LogP contribution is 2.29. The molecule has 1 aromatic carbocycles. The molecule has 0 aliphatic carbocycles. The first-order valence-electron chi connectivity index (χ1n) is 6.65. The van der Waals surface area contributed by atoms with E-state index in [9.17, 15) is 4.39 Å². The number of halogens is 1. The van der Waals surface area contributed by atoms with Crippen molar-refractivity contribution >= 4 is 17.4 Å². The van der Waals surface area contributed by atoms with Crippen molar-refractivity contribution in [1.29, 1.82) is 0 Å². The van der Waals surface area contributed by atoms with Crippen LogP contribution in [0, 0.1) is 12.7 Å². The van der Waals surface area contributed by atoms with E-state index in [2.05, 4.69) is 25.1 Å². The summed E-state index contributed by atoms with van der Waals surface area (Å²) in [5.74, 6) is 0.945. The molecule has 0 fully saturated rings. The van der Waals surface area contributed by atoms with Crippen molar-refractivity contribution in [1.82, 2.24) is 0 Å². The van der Waals surface area contributed by atoms with Crippen molar-refractivity contribution in [2.75, 3.05) is 24.0 Å². The fourth-order valence-corrected chi connectivity index (χ4v) is 2.65. The number of nitrogens with two attached hydrogens (primary N) is 1. The van der Waals surface area contributed by atoms with Gasteiger partial charge in [-0.15, -0.1) is 0 Å². The van der Waals surface area contributed by atoms with Crippen LogP contribution >= 0.6 is 11.8 Å². The molecule has 108 valence electrons. The van der Waals surface area contributed by atoms with Crippen LogP contribution in [0.25, 0.3) is 0 Å². The lowest BCUT2D eigenvalue weighted by Crippen LogP contribution is -2.31. The molecule has 0 saturated carbocycles. The molecule has 0 aliphatic heterocycles. The van der Waals surface area contributed by atoms with Gasteiger partial charge in [-0.2, -0.15) is 11.8 Å². The van der Waals surface area contributed by atoms with E-state index in [-0.39, 0.29) is 11.9 Å². The fraction of sp³-hybridized carbons (Fsp3) is 0.600. The minimum absolute atomic E-state index is 0.166. The van der Waals surface area contributed by atoms with Gasteiger partial charge >= 0.3 is 0 Å². The summed E-state index contributed by atoms with van der Waals surface area (Å²) < 4.78 is 13.7. The summed E-state index contributed by atoms with van der Waals surface area (Å²) in [6.45, 7) is 5.89. The zero-order chi connectivity index (χ0) is 14.6. The van der Waals surface area contributed by atoms with Gasteiger partial charge in [-0.3, -0.25) is 0 Å². The molecular weight excluding hydrogens is 259 g/mol. The van der Waals surface area contributed by atoms with E-state index in [0.717, 1.165) is 23.4 Å². The normalized spacial score (nSPS) is 14.3. The Balaban J connectivity index is 3.06. The smallest absolute Gasteiger partial charge is 0.126 e. The molecule has 19 heavy (non-hydrogen) atoms. The van der Waals surface area contributed by atoms with Gasteiger partial charge in [-0.1, -0.05) is 0 Å². The van der Waals surface area contributed by atoms with Crippen molar-refractivity contribution in [3.63, 3.8) is 0 Å². The average molecular weight is 284 g/mol. The number of hydrogen-bond acceptors (Lipinski definition) is 3. The zero-order valence-corrected chi connectivity index (χ0v) is 13.4. The highest BCUT2D eigenvalue weighted by molar-refractivity contribution is 7.98. The van der Waals surface area contributed by atoms with Gasteiger partial charge in [-0.25, -0.2) is 4.39 Å². The van der Waals surface area contributed by atoms with Crippen molar-refractivity contribution in [3.05, 3.63) is 29.1 Å². The first kappa shape index (κ1) is 16.3. The Labute approximate surface area is 120 Å². The van der Waals surface area contributed by atoms with Gasteiger partial charge < -0.3 is 10.6 Å². The zero-order valence-electron chi connectivity index (χ0n) is 12.5. The summed E-state index contributed by atoms with van der Waals surface area (Å²) in [5.41, 5.74) is 8.56. The Morgan fingerprint density at radius 1 is 1.37 bits per heavy atom. The molecule has 0 amide bonds. The monoisotopic (exact) mass is 284 g/mol. The molecule has 0 spiro atoms. The minimum Gasteiger partial charge on any atom is -0.372 e. The maximum absolute atomic E-state index is 13.7. The van der Waals surface area contributed by atoms with Crippen LogP contribution in [-0.2, 0) is 0 Å². The lowest BCUT2D eigenvalue weighted by molar-refractivity contribution is 0.609. The van der Waals surface area contributed by atoms with Crippen LogP contribution in [0.4, 0.5) is 10.1 Å². The van der Waals surface area contributed by atoms with Crippen molar-refractivity contribution in [2.45, 2.75) is 39.3 Å². The number of hydrogen-bond donors (Lipinski definition) is 1. The SMILES string of the molecule is CSCCC(C)N(C)c1cc(C)c(F)cc1C(C)N. The number of benzene rings is 1. The van der Waals surface area contributed by atoms with E-state index in [0.29, 0.717) is 11.6 Å². The van der Waals surface area contributed by atoms with Crippen LogP contribution in [-0.4, -0.2) is 25.1 Å². The highest BCUT2D eigenvalue weighted by Gasteiger charge is 2.17. The van der Waals surface area contributed by atoms with Crippen LogP contribution in [0.3, 0.4) is 0 Å². The molecule has 0 bridgehead atoms. The molecule has 4 heteroatoms. The molecular formula is C15H25FN2S. The Hall–Kier alpha value is -0.740. The summed E-state index contributed by atoms with van der Waals surface area (Å²) in [7, 11) is 2.06. The first-order valence-corrected chi connectivity index (χ1v) is 8.05. The van der Waals surface area contributed by atoms with Gasteiger partial charge in [0.05, 0.1) is 0 Å². The Morgan fingerprint density at radius 2 is 2.00 bits per heavy atom. The molecule has 2 unspecified atom stereocenters. The quantitative estimate of drug-likeness (QED) is 0.863. The molecule has 2 atom stereocenters. The third-order valence-corrected chi connectivity index (χ3v) is 4.22. The summed E-state index contributed by atoms with van der Waals surface area (Å²) in [4.78, 5) is 2.21. The van der Waals surface area contributed by atoms with Gasteiger partial charge in [0.15, 0.2) is 0 Å². The molecule has 0 saturated heterocycles. The van der Waals surface area contributed by atoms with E-state index < -0.39 is 0 Å². The van der Waals surface area contributed by atoms with Crippen LogP contribution in [0.5, 0.6) is 0 Å². The molecule has 1 rings (SSSR count). The Bertz CT molecular complexity index is 421. The van der Waals surface area contributed by atoms with Gasteiger partial charge in [0.1, 0.15) is 5.82 Å². The van der Waals surface area contributed by atoms with Gasteiger partial charge in [-0.05, 0) is 62.5 Å². The van der Waals surface area contributed by atoms with Crippen molar-refractivity contribution in [2.24, 2.45) is 5.73 Å². The summed E-state index contributed by atoms with van der Waals surface area (Å²) in [6, 6.07) is 3.73. The molecule has 2 nitrogen and oxygen atoms in total. The van der Waals surface area contributed by atoms with Crippen LogP contribution in [0.1, 0.15) is 37.4 Å². The van der Waals surface area contributed by atoms with Crippen molar-refractivity contribution in [3.8, 4) is 0 Å². The second kappa shape index (κ2) is 7.15. The predicted molar refractivity (Wildman–Crippen MR) is 84.6 cm³/mol. The maximum atomic E-state index is 13.7. The van der Waals surface area contributed by atoms with E-state index in [1.165, 1.54) is 0 Å². The number of nitrogens with zero attached hydrogens (tertiary/aromatic N) is 1.